The number of likely N-dealkylation sites (tertiary alicyclic amines) is 1. The molecule has 6 heteroatoms. The van der Waals surface area contributed by atoms with Crippen LogP contribution in [0.3, 0.4) is 0 Å². The second kappa shape index (κ2) is 8.00. The van der Waals surface area contributed by atoms with Crippen LogP contribution in [-0.4, -0.2) is 53.5 Å². The zero-order valence-electron chi connectivity index (χ0n) is 17.1. The molecule has 1 aromatic carbocycles. The maximum atomic E-state index is 10.2. The normalized spacial score (nSPS) is 20.6. The van der Waals surface area contributed by atoms with E-state index in [1.165, 1.54) is 0 Å². The van der Waals surface area contributed by atoms with Crippen LogP contribution >= 0.6 is 0 Å². The van der Waals surface area contributed by atoms with Crippen molar-refractivity contribution < 1.29 is 19.0 Å². The SMILES string of the molecule is COc1ccc(-c2nc(CN3C[C@@H](O)[C@H](OC(C)C)C3)c(C)o2)c(C)c1C. The van der Waals surface area contributed by atoms with Crippen LogP contribution in [0.15, 0.2) is 16.5 Å². The molecule has 0 bridgehead atoms. The van der Waals surface area contributed by atoms with Gasteiger partial charge < -0.3 is 19.0 Å². The van der Waals surface area contributed by atoms with Gasteiger partial charge in [0.2, 0.25) is 5.89 Å². The third-order valence-electron chi connectivity index (χ3n) is 5.21. The molecule has 0 radical (unpaired) electrons. The first-order chi connectivity index (χ1) is 12.8. The zero-order chi connectivity index (χ0) is 19.7. The molecular formula is C21H30N2O4. The number of oxazole rings is 1. The Balaban J connectivity index is 1.77. The van der Waals surface area contributed by atoms with Crippen molar-refractivity contribution >= 4 is 0 Å². The first-order valence-electron chi connectivity index (χ1n) is 9.46. The highest BCUT2D eigenvalue weighted by atomic mass is 16.5. The fraction of sp³-hybridized carbons (Fsp3) is 0.571. The molecule has 27 heavy (non-hydrogen) atoms. The lowest BCUT2D eigenvalue weighted by Gasteiger charge is -2.17. The minimum Gasteiger partial charge on any atom is -0.496 e. The molecule has 3 rings (SSSR count). The fourth-order valence-corrected chi connectivity index (χ4v) is 3.60. The van der Waals surface area contributed by atoms with Gasteiger partial charge in [0.1, 0.15) is 11.5 Å². The quantitative estimate of drug-likeness (QED) is 0.837. The van der Waals surface area contributed by atoms with E-state index in [1.807, 2.05) is 39.8 Å². The molecule has 1 aromatic heterocycles. The molecule has 1 N–H and O–H groups in total. The Morgan fingerprint density at radius 3 is 2.63 bits per heavy atom. The smallest absolute Gasteiger partial charge is 0.226 e. The molecule has 1 saturated heterocycles. The lowest BCUT2D eigenvalue weighted by molar-refractivity contribution is -0.0396. The van der Waals surface area contributed by atoms with Crippen molar-refractivity contribution in [2.45, 2.75) is 59.5 Å². The highest BCUT2D eigenvalue weighted by Gasteiger charge is 2.33. The van der Waals surface area contributed by atoms with E-state index >= 15 is 0 Å². The predicted octanol–water partition coefficient (Wildman–Crippen LogP) is 3.25. The van der Waals surface area contributed by atoms with Crippen LogP contribution in [0.5, 0.6) is 5.75 Å². The Kier molecular flexibility index (Phi) is 5.89. The summed E-state index contributed by atoms with van der Waals surface area (Å²) in [6.07, 6.45) is -0.514. The standard InChI is InChI=1S/C21H30N2O4/c1-12(2)26-20-11-23(10-18(20)24)9-17-15(5)27-21(22-17)16-7-8-19(25-6)14(4)13(16)3/h7-8,12,18,20,24H,9-11H2,1-6H3/t18-,20-/m1/s1. The number of rotatable bonds is 6. The van der Waals surface area contributed by atoms with Crippen LogP contribution < -0.4 is 4.74 Å². The molecule has 1 aliphatic rings. The van der Waals surface area contributed by atoms with Gasteiger partial charge in [-0.25, -0.2) is 4.98 Å². The highest BCUT2D eigenvalue weighted by Crippen LogP contribution is 2.32. The van der Waals surface area contributed by atoms with Crippen LogP contribution in [-0.2, 0) is 11.3 Å². The second-order valence-electron chi connectivity index (χ2n) is 7.57. The van der Waals surface area contributed by atoms with Crippen molar-refractivity contribution in [2.75, 3.05) is 20.2 Å². The van der Waals surface area contributed by atoms with E-state index in [0.717, 1.165) is 33.9 Å². The summed E-state index contributed by atoms with van der Waals surface area (Å²) < 4.78 is 17.2. The van der Waals surface area contributed by atoms with Crippen LogP contribution in [0, 0.1) is 20.8 Å². The highest BCUT2D eigenvalue weighted by molar-refractivity contribution is 5.63. The number of aromatic nitrogens is 1. The third kappa shape index (κ3) is 4.18. The summed E-state index contributed by atoms with van der Waals surface area (Å²) in [5, 5.41) is 10.2. The number of benzene rings is 1. The number of hydrogen-bond donors (Lipinski definition) is 1. The van der Waals surface area contributed by atoms with Gasteiger partial charge in [-0.2, -0.15) is 0 Å². The third-order valence-corrected chi connectivity index (χ3v) is 5.21. The molecule has 1 aliphatic heterocycles. The molecule has 2 heterocycles. The van der Waals surface area contributed by atoms with Crippen molar-refractivity contribution in [2.24, 2.45) is 0 Å². The monoisotopic (exact) mass is 374 g/mol. The maximum Gasteiger partial charge on any atom is 0.226 e. The Morgan fingerprint density at radius 2 is 1.96 bits per heavy atom. The molecule has 0 unspecified atom stereocenters. The lowest BCUT2D eigenvalue weighted by Crippen LogP contribution is -2.29. The molecule has 0 saturated carbocycles. The molecule has 148 valence electrons. The average Bonchev–Trinajstić information content (AvgIpc) is 3.12. The van der Waals surface area contributed by atoms with Crippen molar-refractivity contribution in [3.63, 3.8) is 0 Å². The minimum atomic E-state index is -0.467. The van der Waals surface area contributed by atoms with Crippen LogP contribution in [0.4, 0.5) is 0 Å². The molecule has 2 atom stereocenters. The average molecular weight is 374 g/mol. The van der Waals surface area contributed by atoms with E-state index < -0.39 is 6.10 Å². The molecule has 0 aliphatic carbocycles. The second-order valence-corrected chi connectivity index (χ2v) is 7.57. The number of aliphatic hydroxyl groups excluding tert-OH is 1. The van der Waals surface area contributed by atoms with Crippen LogP contribution in [0.2, 0.25) is 0 Å². The van der Waals surface area contributed by atoms with Gasteiger partial charge in [0, 0.05) is 25.2 Å². The molecule has 1 fully saturated rings. The number of ether oxygens (including phenoxy) is 2. The van der Waals surface area contributed by atoms with Gasteiger partial charge in [-0.05, 0) is 57.9 Å². The molecule has 0 amide bonds. The van der Waals surface area contributed by atoms with Gasteiger partial charge in [0.25, 0.3) is 0 Å². The topological polar surface area (TPSA) is 68.0 Å². The van der Waals surface area contributed by atoms with Gasteiger partial charge in [-0.3, -0.25) is 4.90 Å². The Bertz CT molecular complexity index is 800. The van der Waals surface area contributed by atoms with E-state index in [-0.39, 0.29) is 12.2 Å². The van der Waals surface area contributed by atoms with Gasteiger partial charge in [0.15, 0.2) is 0 Å². The van der Waals surface area contributed by atoms with E-state index in [1.54, 1.807) is 7.11 Å². The summed E-state index contributed by atoms with van der Waals surface area (Å²) in [6, 6.07) is 3.93. The van der Waals surface area contributed by atoms with E-state index in [2.05, 4.69) is 11.8 Å². The Morgan fingerprint density at radius 1 is 1.22 bits per heavy atom. The van der Waals surface area contributed by atoms with Gasteiger partial charge in [0.05, 0.1) is 31.1 Å². The number of aliphatic hydroxyl groups is 1. The van der Waals surface area contributed by atoms with Crippen molar-refractivity contribution in [3.05, 3.63) is 34.7 Å². The van der Waals surface area contributed by atoms with Crippen LogP contribution in [0.1, 0.15) is 36.4 Å². The van der Waals surface area contributed by atoms with Crippen LogP contribution in [0.25, 0.3) is 11.5 Å². The number of nitrogens with zero attached hydrogens (tertiary/aromatic N) is 2. The lowest BCUT2D eigenvalue weighted by atomic mass is 10.0. The Labute approximate surface area is 161 Å². The number of aryl methyl sites for hydroxylation is 1. The summed E-state index contributed by atoms with van der Waals surface area (Å²) in [5.41, 5.74) is 4.06. The fourth-order valence-electron chi connectivity index (χ4n) is 3.60. The summed E-state index contributed by atoms with van der Waals surface area (Å²) in [7, 11) is 1.68. The number of methoxy groups -OCH3 is 1. The molecular weight excluding hydrogens is 344 g/mol. The van der Waals surface area contributed by atoms with E-state index in [9.17, 15) is 5.11 Å². The maximum absolute atomic E-state index is 10.2. The first-order valence-corrected chi connectivity index (χ1v) is 9.46. The molecule has 6 nitrogen and oxygen atoms in total. The summed E-state index contributed by atoms with van der Waals surface area (Å²) in [6.45, 7) is 11.9. The predicted molar refractivity (Wildman–Crippen MR) is 104 cm³/mol. The number of β-amino-alcohol motifs (C(OH)–C–C–N with tert-alkyl or cyclic N) is 1. The summed E-state index contributed by atoms with van der Waals surface area (Å²) >= 11 is 0. The number of hydrogen-bond acceptors (Lipinski definition) is 6. The molecule has 0 spiro atoms. The Hall–Kier alpha value is -1.89. The molecule has 2 aromatic rings. The summed E-state index contributed by atoms with van der Waals surface area (Å²) in [5.74, 6) is 2.29. The van der Waals surface area contributed by atoms with Crippen molar-refractivity contribution in [1.82, 2.24) is 9.88 Å². The van der Waals surface area contributed by atoms with E-state index in [0.29, 0.717) is 25.5 Å². The minimum absolute atomic E-state index is 0.103. The van der Waals surface area contributed by atoms with Gasteiger partial charge in [-0.1, -0.05) is 0 Å². The first kappa shape index (κ1) is 19.9. The summed E-state index contributed by atoms with van der Waals surface area (Å²) in [4.78, 5) is 6.91. The van der Waals surface area contributed by atoms with Crippen molar-refractivity contribution in [3.8, 4) is 17.2 Å². The van der Waals surface area contributed by atoms with Gasteiger partial charge in [-0.15, -0.1) is 0 Å². The van der Waals surface area contributed by atoms with Gasteiger partial charge >= 0.3 is 0 Å². The zero-order valence-corrected chi connectivity index (χ0v) is 17.1. The van der Waals surface area contributed by atoms with Crippen molar-refractivity contribution in [1.29, 1.82) is 0 Å². The van der Waals surface area contributed by atoms with E-state index in [4.69, 9.17) is 18.9 Å². The largest absolute Gasteiger partial charge is 0.496 e.